The Morgan fingerprint density at radius 3 is 2.67 bits per heavy atom. The lowest BCUT2D eigenvalue weighted by atomic mass is 10.1. The number of benzene rings is 1. The summed E-state index contributed by atoms with van der Waals surface area (Å²) in [5.74, 6) is -1.25. The lowest BCUT2D eigenvalue weighted by Gasteiger charge is -2.16. The van der Waals surface area contributed by atoms with Crippen molar-refractivity contribution in [1.82, 2.24) is 0 Å². The molecule has 1 aliphatic rings. The van der Waals surface area contributed by atoms with Gasteiger partial charge in [-0.15, -0.1) is 0 Å². The van der Waals surface area contributed by atoms with Crippen LogP contribution in [0.4, 0.5) is 0 Å². The van der Waals surface area contributed by atoms with Crippen LogP contribution in [-0.2, 0) is 0 Å². The van der Waals surface area contributed by atoms with Crippen LogP contribution in [0.5, 0.6) is 17.2 Å². The number of rotatable bonds is 1. The zero-order valence-corrected chi connectivity index (χ0v) is 8.40. The number of carbonyl (C=O) groups is 1. The quantitative estimate of drug-likeness (QED) is 0.722. The zero-order chi connectivity index (χ0) is 11.2. The summed E-state index contributed by atoms with van der Waals surface area (Å²) >= 11 is 0. The number of ether oxygens (including phenoxy) is 2. The van der Waals surface area contributed by atoms with Gasteiger partial charge in [-0.2, -0.15) is 0 Å². The predicted molar refractivity (Wildman–Crippen MR) is 52.0 cm³/mol. The van der Waals surface area contributed by atoms with Crippen LogP contribution >= 0.6 is 0 Å². The second-order valence-corrected chi connectivity index (χ2v) is 3.76. The van der Waals surface area contributed by atoms with E-state index >= 15 is 0 Å². The van der Waals surface area contributed by atoms with Gasteiger partial charge in [0.05, 0.1) is 5.56 Å². The second kappa shape index (κ2) is 2.79. The van der Waals surface area contributed by atoms with Gasteiger partial charge in [-0.25, -0.2) is 0 Å². The largest absolute Gasteiger partial charge is 0.504 e. The topological polar surface area (TPSA) is 81.8 Å². The minimum atomic E-state index is -0.837. The highest BCUT2D eigenvalue weighted by Crippen LogP contribution is 2.46. The maximum absolute atomic E-state index is 10.9. The summed E-state index contributed by atoms with van der Waals surface area (Å²) in [6.07, 6.45) is 0. The molecule has 3 N–H and O–H groups in total. The van der Waals surface area contributed by atoms with Crippen LogP contribution in [0.3, 0.4) is 0 Å². The standard InChI is InChI=1S/C10H11NO4/c1-10(2)14-6-4-3-5(9(11)13)7(12)8(6)15-10/h3-4,12H,1-2H3,(H2,11,13). The fourth-order valence-electron chi connectivity index (χ4n) is 1.46. The molecule has 0 unspecified atom stereocenters. The molecule has 1 aliphatic heterocycles. The van der Waals surface area contributed by atoms with E-state index in [0.29, 0.717) is 5.75 Å². The van der Waals surface area contributed by atoms with Crippen LogP contribution in [0, 0.1) is 0 Å². The smallest absolute Gasteiger partial charge is 0.252 e. The summed E-state index contributed by atoms with van der Waals surface area (Å²) in [5, 5.41) is 9.71. The van der Waals surface area contributed by atoms with E-state index in [1.165, 1.54) is 6.07 Å². The van der Waals surface area contributed by atoms with E-state index in [9.17, 15) is 9.90 Å². The van der Waals surface area contributed by atoms with Gasteiger partial charge in [0, 0.05) is 13.8 Å². The Hall–Kier alpha value is -1.91. The van der Waals surface area contributed by atoms with E-state index in [0.717, 1.165) is 0 Å². The molecule has 80 valence electrons. The van der Waals surface area contributed by atoms with Crippen LogP contribution < -0.4 is 15.2 Å². The summed E-state index contributed by atoms with van der Waals surface area (Å²) < 4.78 is 10.7. The van der Waals surface area contributed by atoms with Crippen LogP contribution in [0.2, 0.25) is 0 Å². The van der Waals surface area contributed by atoms with Crippen molar-refractivity contribution in [3.05, 3.63) is 17.7 Å². The molecule has 5 heteroatoms. The molecule has 2 rings (SSSR count). The Labute approximate surface area is 86.4 Å². The molecular formula is C10H11NO4. The summed E-state index contributed by atoms with van der Waals surface area (Å²) in [4.78, 5) is 10.9. The van der Waals surface area contributed by atoms with E-state index in [-0.39, 0.29) is 17.1 Å². The fourth-order valence-corrected chi connectivity index (χ4v) is 1.46. The van der Waals surface area contributed by atoms with Gasteiger partial charge in [0.25, 0.3) is 5.91 Å². The van der Waals surface area contributed by atoms with Crippen LogP contribution in [0.25, 0.3) is 0 Å². The molecule has 0 saturated heterocycles. The molecule has 0 bridgehead atoms. The van der Waals surface area contributed by atoms with Crippen molar-refractivity contribution in [2.45, 2.75) is 19.6 Å². The average molecular weight is 209 g/mol. The summed E-state index contributed by atoms with van der Waals surface area (Å²) in [6.45, 7) is 3.41. The number of aromatic hydroxyl groups is 1. The average Bonchev–Trinajstić information content (AvgIpc) is 2.40. The van der Waals surface area contributed by atoms with Crippen LogP contribution in [-0.4, -0.2) is 16.8 Å². The molecule has 5 nitrogen and oxygen atoms in total. The summed E-state index contributed by atoms with van der Waals surface area (Å²) in [6, 6.07) is 2.95. The van der Waals surface area contributed by atoms with Crippen LogP contribution in [0.1, 0.15) is 24.2 Å². The van der Waals surface area contributed by atoms with E-state index in [1.807, 2.05) is 0 Å². The lowest BCUT2D eigenvalue weighted by Crippen LogP contribution is -2.29. The molecule has 0 fully saturated rings. The number of carbonyl (C=O) groups excluding carboxylic acids is 1. The molecular weight excluding hydrogens is 198 g/mol. The number of fused-ring (bicyclic) bond motifs is 1. The predicted octanol–water partition coefficient (Wildman–Crippen LogP) is 0.998. The molecule has 0 saturated carbocycles. The van der Waals surface area contributed by atoms with Crippen molar-refractivity contribution in [2.75, 3.05) is 0 Å². The number of nitrogens with two attached hydrogens (primary N) is 1. The first kappa shape index (κ1) is 9.64. The Kier molecular flexibility index (Phi) is 1.79. The molecule has 0 radical (unpaired) electrons. The lowest BCUT2D eigenvalue weighted by molar-refractivity contribution is -0.0440. The highest BCUT2D eigenvalue weighted by Gasteiger charge is 2.35. The Morgan fingerprint density at radius 2 is 2.07 bits per heavy atom. The molecule has 0 atom stereocenters. The van der Waals surface area contributed by atoms with Gasteiger partial charge < -0.3 is 20.3 Å². The van der Waals surface area contributed by atoms with Crippen molar-refractivity contribution in [3.63, 3.8) is 0 Å². The minimum absolute atomic E-state index is 0.0232. The minimum Gasteiger partial charge on any atom is -0.504 e. The third-order valence-corrected chi connectivity index (χ3v) is 2.06. The molecule has 0 aromatic heterocycles. The monoisotopic (exact) mass is 209 g/mol. The third-order valence-electron chi connectivity index (χ3n) is 2.06. The fraction of sp³-hybridized carbons (Fsp3) is 0.300. The summed E-state index contributed by atoms with van der Waals surface area (Å²) in [7, 11) is 0. The van der Waals surface area contributed by atoms with Gasteiger partial charge in [-0.3, -0.25) is 4.79 Å². The highest BCUT2D eigenvalue weighted by molar-refractivity contribution is 5.97. The number of primary amides is 1. The maximum Gasteiger partial charge on any atom is 0.252 e. The number of hydrogen-bond acceptors (Lipinski definition) is 4. The zero-order valence-electron chi connectivity index (χ0n) is 8.40. The molecule has 1 amide bonds. The molecule has 1 aromatic rings. The Bertz CT molecular complexity index is 439. The van der Waals surface area contributed by atoms with E-state index in [2.05, 4.69) is 0 Å². The first-order chi connectivity index (χ1) is 6.91. The second-order valence-electron chi connectivity index (χ2n) is 3.76. The van der Waals surface area contributed by atoms with Crippen molar-refractivity contribution in [1.29, 1.82) is 0 Å². The van der Waals surface area contributed by atoms with Crippen molar-refractivity contribution in [3.8, 4) is 17.2 Å². The van der Waals surface area contributed by atoms with Gasteiger partial charge in [-0.1, -0.05) is 0 Å². The Balaban J connectivity index is 2.53. The molecule has 1 heterocycles. The van der Waals surface area contributed by atoms with Crippen molar-refractivity contribution >= 4 is 5.91 Å². The Morgan fingerprint density at radius 1 is 1.40 bits per heavy atom. The first-order valence-electron chi connectivity index (χ1n) is 4.44. The number of amides is 1. The SMILES string of the molecule is CC1(C)Oc2ccc(C(N)=O)c(O)c2O1. The van der Waals surface area contributed by atoms with Gasteiger partial charge in [0.15, 0.2) is 11.5 Å². The molecule has 0 spiro atoms. The van der Waals surface area contributed by atoms with Gasteiger partial charge >= 0.3 is 0 Å². The van der Waals surface area contributed by atoms with Gasteiger partial charge in [0.2, 0.25) is 11.5 Å². The van der Waals surface area contributed by atoms with Crippen molar-refractivity contribution in [2.24, 2.45) is 5.73 Å². The number of hydrogen-bond donors (Lipinski definition) is 2. The van der Waals surface area contributed by atoms with Gasteiger partial charge in [0.1, 0.15) is 0 Å². The maximum atomic E-state index is 10.9. The number of phenols is 1. The molecule has 1 aromatic carbocycles. The van der Waals surface area contributed by atoms with E-state index < -0.39 is 11.7 Å². The van der Waals surface area contributed by atoms with E-state index in [4.69, 9.17) is 15.2 Å². The van der Waals surface area contributed by atoms with E-state index in [1.54, 1.807) is 19.9 Å². The van der Waals surface area contributed by atoms with Crippen LogP contribution in [0.15, 0.2) is 12.1 Å². The molecule has 0 aliphatic carbocycles. The van der Waals surface area contributed by atoms with Crippen molar-refractivity contribution < 1.29 is 19.4 Å². The van der Waals surface area contributed by atoms with Gasteiger partial charge in [-0.05, 0) is 12.1 Å². The normalized spacial score (nSPS) is 16.4. The summed E-state index contributed by atoms with van der Waals surface area (Å²) in [5.41, 5.74) is 5.10. The highest BCUT2D eigenvalue weighted by atomic mass is 16.7. The first-order valence-corrected chi connectivity index (χ1v) is 4.44. The third kappa shape index (κ3) is 1.45. The molecule has 15 heavy (non-hydrogen) atoms.